The topological polar surface area (TPSA) is 78.9 Å². The normalized spacial score (nSPS) is 13.1. The Hall–Kier alpha value is -4.71. The van der Waals surface area contributed by atoms with Crippen LogP contribution in [0, 0.1) is 0 Å². The van der Waals surface area contributed by atoms with Gasteiger partial charge in [0, 0.05) is 19.3 Å². The molecule has 0 aliphatic heterocycles. The molecule has 6 heteroatoms. The Labute approximate surface area is 499 Å². The third kappa shape index (κ3) is 66.0. The van der Waals surface area contributed by atoms with Crippen LogP contribution in [0.3, 0.4) is 0 Å². The highest BCUT2D eigenvalue weighted by Crippen LogP contribution is 2.15. The summed E-state index contributed by atoms with van der Waals surface area (Å²) >= 11 is 0. The minimum absolute atomic E-state index is 0.114. The fraction of sp³-hybridized carbons (Fsp3) is 0.640. The SMILES string of the molecule is CC/C=C\C/C=C\C/C=C\C/C=C\C/C=C\C/C=C\C/C=C\CCCC(=O)OCC(COC(=O)CCCCCC/C=C\C/C=C\C/C=C\C/C=C\CC)OC(=O)CCCCCCCCCCCCC/C=C\CCCCCCCCCC. The van der Waals surface area contributed by atoms with Crippen molar-refractivity contribution in [1.82, 2.24) is 0 Å². The van der Waals surface area contributed by atoms with E-state index >= 15 is 0 Å². The highest BCUT2D eigenvalue weighted by atomic mass is 16.6. The summed E-state index contributed by atoms with van der Waals surface area (Å²) in [4.78, 5) is 38.4. The Morgan fingerprint density at radius 3 is 0.815 bits per heavy atom. The first-order valence-electron chi connectivity index (χ1n) is 33.3. The van der Waals surface area contributed by atoms with Gasteiger partial charge in [0.2, 0.25) is 0 Å². The van der Waals surface area contributed by atoms with E-state index in [0.717, 1.165) is 128 Å². The van der Waals surface area contributed by atoms with Gasteiger partial charge in [-0.15, -0.1) is 0 Å². The van der Waals surface area contributed by atoms with Gasteiger partial charge < -0.3 is 14.2 Å². The van der Waals surface area contributed by atoms with Crippen molar-refractivity contribution >= 4 is 17.9 Å². The van der Waals surface area contributed by atoms with E-state index in [0.29, 0.717) is 19.3 Å². The van der Waals surface area contributed by atoms with Crippen LogP contribution in [0.4, 0.5) is 0 Å². The van der Waals surface area contributed by atoms with Crippen molar-refractivity contribution in [2.45, 2.75) is 297 Å². The Bertz CT molecular complexity index is 1760. The maximum Gasteiger partial charge on any atom is 0.306 e. The first kappa shape index (κ1) is 76.3. The predicted octanol–water partition coefficient (Wildman–Crippen LogP) is 23.1. The zero-order chi connectivity index (χ0) is 58.5. The molecule has 1 atom stereocenters. The molecule has 0 aliphatic rings. The molecule has 0 radical (unpaired) electrons. The van der Waals surface area contributed by atoms with Gasteiger partial charge in [-0.05, 0) is 135 Å². The van der Waals surface area contributed by atoms with Crippen molar-refractivity contribution in [3.63, 3.8) is 0 Å². The lowest BCUT2D eigenvalue weighted by Crippen LogP contribution is -2.30. The molecule has 0 N–H and O–H groups in total. The maximum absolute atomic E-state index is 12.9. The summed E-state index contributed by atoms with van der Waals surface area (Å²) in [5.41, 5.74) is 0. The Morgan fingerprint density at radius 2 is 0.494 bits per heavy atom. The van der Waals surface area contributed by atoms with Gasteiger partial charge in [-0.1, -0.05) is 282 Å². The molecular weight excluding hydrogens is 997 g/mol. The first-order chi connectivity index (χ1) is 40.0. The van der Waals surface area contributed by atoms with E-state index in [1.165, 1.54) is 116 Å². The summed E-state index contributed by atoms with van der Waals surface area (Å²) in [6, 6.07) is 0. The van der Waals surface area contributed by atoms with Gasteiger partial charge in [-0.25, -0.2) is 0 Å². The number of rotatable bonds is 59. The predicted molar refractivity (Wildman–Crippen MR) is 352 cm³/mol. The molecule has 0 rings (SSSR count). The molecule has 458 valence electrons. The quantitative estimate of drug-likeness (QED) is 0.0261. The average molecular weight is 1120 g/mol. The van der Waals surface area contributed by atoms with Crippen molar-refractivity contribution < 1.29 is 28.6 Å². The van der Waals surface area contributed by atoms with Crippen LogP contribution in [0.2, 0.25) is 0 Å². The van der Waals surface area contributed by atoms with Crippen LogP contribution in [-0.2, 0) is 28.6 Å². The van der Waals surface area contributed by atoms with Crippen molar-refractivity contribution in [3.8, 4) is 0 Å². The third-order valence-corrected chi connectivity index (χ3v) is 13.8. The number of unbranched alkanes of at least 4 members (excludes halogenated alkanes) is 24. The minimum Gasteiger partial charge on any atom is -0.462 e. The van der Waals surface area contributed by atoms with Gasteiger partial charge in [0.15, 0.2) is 6.10 Å². The average Bonchev–Trinajstić information content (AvgIpc) is 3.47. The van der Waals surface area contributed by atoms with Crippen LogP contribution in [0.5, 0.6) is 0 Å². The number of allylic oxidation sites excluding steroid dienone is 24. The molecule has 0 aromatic carbocycles. The van der Waals surface area contributed by atoms with Crippen LogP contribution in [-0.4, -0.2) is 37.2 Å². The molecular formula is C75H122O6. The van der Waals surface area contributed by atoms with Gasteiger partial charge in [-0.3, -0.25) is 14.4 Å². The van der Waals surface area contributed by atoms with Gasteiger partial charge in [0.1, 0.15) is 13.2 Å². The van der Waals surface area contributed by atoms with E-state index in [2.05, 4.69) is 167 Å². The molecule has 0 amide bonds. The molecule has 1 unspecified atom stereocenters. The van der Waals surface area contributed by atoms with Crippen LogP contribution in [0.25, 0.3) is 0 Å². The molecule has 0 heterocycles. The molecule has 0 aromatic rings. The fourth-order valence-electron chi connectivity index (χ4n) is 8.89. The molecule has 0 bridgehead atoms. The number of hydrogen-bond donors (Lipinski definition) is 0. The van der Waals surface area contributed by atoms with E-state index < -0.39 is 6.10 Å². The Kier molecular flexibility index (Phi) is 63.9. The van der Waals surface area contributed by atoms with Crippen molar-refractivity contribution in [2.75, 3.05) is 13.2 Å². The second kappa shape index (κ2) is 67.8. The minimum atomic E-state index is -0.821. The lowest BCUT2D eigenvalue weighted by molar-refractivity contribution is -0.167. The van der Waals surface area contributed by atoms with Crippen molar-refractivity contribution in [2.24, 2.45) is 0 Å². The van der Waals surface area contributed by atoms with Gasteiger partial charge in [0.05, 0.1) is 0 Å². The highest BCUT2D eigenvalue weighted by molar-refractivity contribution is 5.71. The summed E-state index contributed by atoms with van der Waals surface area (Å²) in [6.07, 6.45) is 97.2. The zero-order valence-electron chi connectivity index (χ0n) is 52.5. The molecule has 0 aromatic heterocycles. The van der Waals surface area contributed by atoms with Gasteiger partial charge in [0.25, 0.3) is 0 Å². The van der Waals surface area contributed by atoms with Gasteiger partial charge in [-0.2, -0.15) is 0 Å². The highest BCUT2D eigenvalue weighted by Gasteiger charge is 2.19. The smallest absolute Gasteiger partial charge is 0.306 e. The number of esters is 3. The largest absolute Gasteiger partial charge is 0.462 e. The maximum atomic E-state index is 12.9. The van der Waals surface area contributed by atoms with E-state index in [-0.39, 0.29) is 37.5 Å². The second-order valence-electron chi connectivity index (χ2n) is 21.6. The standard InChI is InChI=1S/C75H122O6/c1-4-7-10-13-16-19-22-25-28-31-33-35-37-39-41-44-47-50-53-56-59-62-65-68-74(77)80-71-72(70-79-73(76)67-64-61-58-55-52-49-46-43-30-27-24-21-18-15-12-9-6-3)81-75(78)69-66-63-60-57-54-51-48-45-42-40-38-36-34-32-29-26-23-20-17-14-11-8-5-2/h7,9-10,12,16,18-19,21,25,27-28,30,32-35,39,41,46-47,49-50,56,59,72H,4-6,8,11,13-15,17,20,22-24,26,29,31,36-38,40,42-45,48,51-55,57-58,60-71H2,1-3H3/b10-7-,12-9-,19-16-,21-18-,28-25-,30-27-,34-32-,35-33-,41-39-,49-46-,50-47-,59-56-. The van der Waals surface area contributed by atoms with Crippen LogP contribution >= 0.6 is 0 Å². The van der Waals surface area contributed by atoms with E-state index in [4.69, 9.17) is 14.2 Å². The van der Waals surface area contributed by atoms with E-state index in [1.54, 1.807) is 0 Å². The number of ether oxygens (including phenoxy) is 3. The molecule has 0 saturated heterocycles. The molecule has 6 nitrogen and oxygen atoms in total. The molecule has 0 spiro atoms. The lowest BCUT2D eigenvalue weighted by Gasteiger charge is -2.18. The summed E-state index contributed by atoms with van der Waals surface area (Å²) in [5, 5.41) is 0. The first-order valence-corrected chi connectivity index (χ1v) is 33.3. The molecule has 0 fully saturated rings. The lowest BCUT2D eigenvalue weighted by atomic mass is 10.0. The fourth-order valence-corrected chi connectivity index (χ4v) is 8.89. The number of hydrogen-bond acceptors (Lipinski definition) is 6. The van der Waals surface area contributed by atoms with E-state index in [1.807, 2.05) is 0 Å². The van der Waals surface area contributed by atoms with Crippen LogP contribution in [0.15, 0.2) is 146 Å². The van der Waals surface area contributed by atoms with Crippen molar-refractivity contribution in [1.29, 1.82) is 0 Å². The molecule has 0 saturated carbocycles. The molecule has 81 heavy (non-hydrogen) atoms. The summed E-state index contributed by atoms with van der Waals surface area (Å²) in [7, 11) is 0. The summed E-state index contributed by atoms with van der Waals surface area (Å²) < 4.78 is 16.9. The zero-order valence-corrected chi connectivity index (χ0v) is 52.5. The number of carbonyl (C=O) groups excluding carboxylic acids is 3. The number of carbonyl (C=O) groups is 3. The van der Waals surface area contributed by atoms with Crippen LogP contribution in [0.1, 0.15) is 290 Å². The van der Waals surface area contributed by atoms with Crippen molar-refractivity contribution in [3.05, 3.63) is 146 Å². The summed E-state index contributed by atoms with van der Waals surface area (Å²) in [6.45, 7) is 6.36. The van der Waals surface area contributed by atoms with E-state index in [9.17, 15) is 14.4 Å². The van der Waals surface area contributed by atoms with Gasteiger partial charge >= 0.3 is 17.9 Å². The Balaban J connectivity index is 4.51. The second-order valence-corrected chi connectivity index (χ2v) is 21.6. The van der Waals surface area contributed by atoms with Crippen LogP contribution < -0.4 is 0 Å². The summed E-state index contributed by atoms with van der Waals surface area (Å²) in [5.74, 6) is -0.994. The third-order valence-electron chi connectivity index (χ3n) is 13.8. The molecule has 0 aliphatic carbocycles. The monoisotopic (exact) mass is 1120 g/mol. The Morgan fingerprint density at radius 1 is 0.259 bits per heavy atom.